The molecule has 3 amide bonds. The summed E-state index contributed by atoms with van der Waals surface area (Å²) in [6.07, 6.45) is 9.31. The van der Waals surface area contributed by atoms with Crippen molar-refractivity contribution in [3.63, 3.8) is 0 Å². The summed E-state index contributed by atoms with van der Waals surface area (Å²) in [5, 5.41) is 5.53. The van der Waals surface area contributed by atoms with Crippen LogP contribution in [0.15, 0.2) is 18.2 Å². The fraction of sp³-hybridized carbons (Fsp3) is 0.600. The van der Waals surface area contributed by atoms with Crippen LogP contribution in [0.5, 0.6) is 0 Å². The van der Waals surface area contributed by atoms with Crippen molar-refractivity contribution < 1.29 is 14.0 Å². The van der Waals surface area contributed by atoms with Crippen LogP contribution in [0.3, 0.4) is 0 Å². The quantitative estimate of drug-likeness (QED) is 0.816. The standard InChI is InChI=1S/C20H28FN3O2/c21-17-11-10-16(22-20(26)24-12-6-1-2-7-13-24)14-18(17)23-19(25)15-8-4-3-5-9-15/h10-11,14-15H,1-9,12-13H2,(H,22,26)(H,23,25). The molecule has 2 N–H and O–H groups in total. The molecule has 2 aliphatic rings. The summed E-state index contributed by atoms with van der Waals surface area (Å²) in [4.78, 5) is 26.6. The van der Waals surface area contributed by atoms with Crippen LogP contribution < -0.4 is 10.6 Å². The number of likely N-dealkylation sites (tertiary alicyclic amines) is 1. The number of anilines is 2. The second kappa shape index (κ2) is 9.01. The maximum Gasteiger partial charge on any atom is 0.321 e. The molecule has 1 aromatic carbocycles. The van der Waals surface area contributed by atoms with E-state index in [0.29, 0.717) is 5.69 Å². The number of amides is 3. The third kappa shape index (κ3) is 4.96. The average molecular weight is 361 g/mol. The summed E-state index contributed by atoms with van der Waals surface area (Å²) >= 11 is 0. The summed E-state index contributed by atoms with van der Waals surface area (Å²) in [6, 6.07) is 4.16. The lowest BCUT2D eigenvalue weighted by Crippen LogP contribution is -2.35. The van der Waals surface area contributed by atoms with E-state index < -0.39 is 5.82 Å². The van der Waals surface area contributed by atoms with Crippen LogP contribution in [0.1, 0.15) is 57.8 Å². The van der Waals surface area contributed by atoms with E-state index in [2.05, 4.69) is 10.6 Å². The number of nitrogens with one attached hydrogen (secondary N) is 2. The molecule has 142 valence electrons. The van der Waals surface area contributed by atoms with Crippen LogP contribution in [-0.4, -0.2) is 29.9 Å². The second-order valence-electron chi connectivity index (χ2n) is 7.35. The Morgan fingerprint density at radius 1 is 0.923 bits per heavy atom. The molecule has 26 heavy (non-hydrogen) atoms. The molecule has 1 aliphatic carbocycles. The van der Waals surface area contributed by atoms with Gasteiger partial charge in [-0.2, -0.15) is 0 Å². The van der Waals surface area contributed by atoms with Crippen molar-refractivity contribution in [2.24, 2.45) is 5.92 Å². The maximum absolute atomic E-state index is 14.1. The van der Waals surface area contributed by atoms with Crippen molar-refractivity contribution in [3.05, 3.63) is 24.0 Å². The molecule has 0 radical (unpaired) electrons. The number of hydrogen-bond acceptors (Lipinski definition) is 2. The number of benzene rings is 1. The summed E-state index contributed by atoms with van der Waals surface area (Å²) in [7, 11) is 0. The molecule has 1 aromatic rings. The normalized spacial score (nSPS) is 18.9. The van der Waals surface area contributed by atoms with Crippen LogP contribution in [0, 0.1) is 11.7 Å². The van der Waals surface area contributed by atoms with Gasteiger partial charge in [-0.25, -0.2) is 9.18 Å². The molecule has 2 fully saturated rings. The highest BCUT2D eigenvalue weighted by molar-refractivity contribution is 5.94. The first-order valence-electron chi connectivity index (χ1n) is 9.80. The van der Waals surface area contributed by atoms with Crippen molar-refractivity contribution in [3.8, 4) is 0 Å². The highest BCUT2D eigenvalue weighted by Crippen LogP contribution is 2.26. The SMILES string of the molecule is O=C(Nc1cc(NC(=O)N2CCCCCC2)ccc1F)C1CCCCC1. The minimum atomic E-state index is -0.484. The van der Waals surface area contributed by atoms with Gasteiger partial charge in [-0.1, -0.05) is 32.1 Å². The molecule has 1 aliphatic heterocycles. The van der Waals surface area contributed by atoms with E-state index >= 15 is 0 Å². The Bertz CT molecular complexity index is 636. The number of urea groups is 1. The van der Waals surface area contributed by atoms with Gasteiger partial charge in [-0.3, -0.25) is 4.79 Å². The fourth-order valence-corrected chi connectivity index (χ4v) is 3.77. The van der Waals surface area contributed by atoms with Crippen molar-refractivity contribution in [2.45, 2.75) is 57.8 Å². The number of rotatable bonds is 3. The Balaban J connectivity index is 1.63. The van der Waals surface area contributed by atoms with Crippen molar-refractivity contribution in [1.82, 2.24) is 4.90 Å². The van der Waals surface area contributed by atoms with E-state index in [-0.39, 0.29) is 23.5 Å². The predicted molar refractivity (Wildman–Crippen MR) is 101 cm³/mol. The number of carbonyl (C=O) groups excluding carboxylic acids is 2. The van der Waals surface area contributed by atoms with Gasteiger partial charge < -0.3 is 15.5 Å². The van der Waals surface area contributed by atoms with Gasteiger partial charge >= 0.3 is 6.03 Å². The molecule has 0 bridgehead atoms. The van der Waals surface area contributed by atoms with Gasteiger partial charge in [0.1, 0.15) is 5.82 Å². The molecular formula is C20H28FN3O2. The van der Waals surface area contributed by atoms with Gasteiger partial charge in [-0.05, 0) is 43.9 Å². The van der Waals surface area contributed by atoms with E-state index in [1.54, 1.807) is 4.90 Å². The highest BCUT2D eigenvalue weighted by Gasteiger charge is 2.22. The van der Waals surface area contributed by atoms with Gasteiger partial charge in [0.2, 0.25) is 5.91 Å². The second-order valence-corrected chi connectivity index (χ2v) is 7.35. The molecule has 0 aromatic heterocycles. The van der Waals surface area contributed by atoms with Crippen LogP contribution in [0.4, 0.5) is 20.6 Å². The minimum absolute atomic E-state index is 0.0431. The number of hydrogen-bond donors (Lipinski definition) is 2. The number of carbonyl (C=O) groups is 2. The Morgan fingerprint density at radius 2 is 1.58 bits per heavy atom. The van der Waals surface area contributed by atoms with Crippen molar-refractivity contribution in [2.75, 3.05) is 23.7 Å². The molecule has 6 heteroatoms. The largest absolute Gasteiger partial charge is 0.325 e. The monoisotopic (exact) mass is 361 g/mol. The van der Waals surface area contributed by atoms with E-state index in [4.69, 9.17) is 0 Å². The molecule has 0 atom stereocenters. The zero-order chi connectivity index (χ0) is 18.4. The van der Waals surface area contributed by atoms with Gasteiger partial charge in [0, 0.05) is 24.7 Å². The molecule has 0 unspecified atom stereocenters. The van der Waals surface area contributed by atoms with Gasteiger partial charge in [0.15, 0.2) is 0 Å². The fourth-order valence-electron chi connectivity index (χ4n) is 3.77. The van der Waals surface area contributed by atoms with E-state index in [1.165, 1.54) is 18.2 Å². The van der Waals surface area contributed by atoms with Crippen LogP contribution in [0.25, 0.3) is 0 Å². The molecule has 1 saturated carbocycles. The minimum Gasteiger partial charge on any atom is -0.325 e. The lowest BCUT2D eigenvalue weighted by atomic mass is 9.88. The maximum atomic E-state index is 14.1. The Hall–Kier alpha value is -2.11. The third-order valence-corrected chi connectivity index (χ3v) is 5.34. The van der Waals surface area contributed by atoms with E-state index in [1.807, 2.05) is 0 Å². The molecule has 1 heterocycles. The molecular weight excluding hydrogens is 333 g/mol. The lowest BCUT2D eigenvalue weighted by Gasteiger charge is -2.22. The number of nitrogens with zero attached hydrogens (tertiary/aromatic N) is 1. The number of halogens is 1. The van der Waals surface area contributed by atoms with E-state index in [0.717, 1.165) is 70.9 Å². The zero-order valence-electron chi connectivity index (χ0n) is 15.2. The van der Waals surface area contributed by atoms with Gasteiger partial charge in [0.25, 0.3) is 0 Å². The Labute approximate surface area is 154 Å². The topological polar surface area (TPSA) is 61.4 Å². The summed E-state index contributed by atoms with van der Waals surface area (Å²) in [5.74, 6) is -0.653. The van der Waals surface area contributed by atoms with Crippen LogP contribution in [-0.2, 0) is 4.79 Å². The summed E-state index contributed by atoms with van der Waals surface area (Å²) in [6.45, 7) is 1.50. The first kappa shape index (κ1) is 18.7. The van der Waals surface area contributed by atoms with E-state index in [9.17, 15) is 14.0 Å². The summed E-state index contributed by atoms with van der Waals surface area (Å²) < 4.78 is 14.1. The Kier molecular flexibility index (Phi) is 6.47. The Morgan fingerprint density at radius 3 is 2.27 bits per heavy atom. The summed E-state index contributed by atoms with van der Waals surface area (Å²) in [5.41, 5.74) is 0.633. The average Bonchev–Trinajstić information content (AvgIpc) is 2.94. The van der Waals surface area contributed by atoms with Crippen LogP contribution in [0.2, 0.25) is 0 Å². The van der Waals surface area contributed by atoms with Crippen LogP contribution >= 0.6 is 0 Å². The van der Waals surface area contributed by atoms with Gasteiger partial charge in [-0.15, -0.1) is 0 Å². The molecule has 0 spiro atoms. The molecule has 5 nitrogen and oxygen atoms in total. The van der Waals surface area contributed by atoms with Gasteiger partial charge in [0.05, 0.1) is 5.69 Å². The lowest BCUT2D eigenvalue weighted by molar-refractivity contribution is -0.120. The predicted octanol–water partition coefficient (Wildman–Crippen LogP) is 4.75. The molecule has 3 rings (SSSR count). The van der Waals surface area contributed by atoms with Crippen molar-refractivity contribution >= 4 is 23.3 Å². The zero-order valence-corrected chi connectivity index (χ0v) is 15.2. The third-order valence-electron chi connectivity index (χ3n) is 5.34. The van der Waals surface area contributed by atoms with Crippen molar-refractivity contribution in [1.29, 1.82) is 0 Å². The smallest absolute Gasteiger partial charge is 0.321 e. The first-order valence-corrected chi connectivity index (χ1v) is 9.80. The first-order chi connectivity index (χ1) is 12.6. The highest BCUT2D eigenvalue weighted by atomic mass is 19.1. The molecule has 1 saturated heterocycles.